The first-order chi connectivity index (χ1) is 9.11. The van der Waals surface area contributed by atoms with Crippen LogP contribution in [-0.4, -0.2) is 41.9 Å². The van der Waals surface area contributed by atoms with Gasteiger partial charge in [-0.3, -0.25) is 4.79 Å². The zero-order chi connectivity index (χ0) is 13.5. The molecule has 7 heteroatoms. The van der Waals surface area contributed by atoms with Crippen LogP contribution in [0.25, 0.3) is 0 Å². The first-order valence-electron chi connectivity index (χ1n) is 6.36. The van der Waals surface area contributed by atoms with E-state index in [-0.39, 0.29) is 5.56 Å². The lowest BCUT2D eigenvalue weighted by Gasteiger charge is -2.38. The maximum absolute atomic E-state index is 11.9. The van der Waals surface area contributed by atoms with E-state index in [4.69, 9.17) is 9.47 Å². The van der Waals surface area contributed by atoms with Gasteiger partial charge in [0.2, 0.25) is 0 Å². The Bertz CT molecular complexity index is 530. The smallest absolute Gasteiger partial charge is 0.282 e. The summed E-state index contributed by atoms with van der Waals surface area (Å²) in [6.07, 6.45) is 3.35. The number of nitrogens with zero attached hydrogens (tertiary/aromatic N) is 3. The van der Waals surface area contributed by atoms with Crippen LogP contribution in [0, 0.1) is 0 Å². The Labute approximate surface area is 119 Å². The molecule has 2 saturated heterocycles. The number of hydrogen-bond acceptors (Lipinski definition) is 5. The number of anilines is 1. The molecule has 3 rings (SSSR count). The van der Waals surface area contributed by atoms with Crippen molar-refractivity contribution in [1.29, 1.82) is 0 Å². The molecule has 104 valence electrons. The molecule has 1 aromatic heterocycles. The van der Waals surface area contributed by atoms with E-state index < -0.39 is 5.79 Å². The summed E-state index contributed by atoms with van der Waals surface area (Å²) in [6, 6.07) is 0. The summed E-state index contributed by atoms with van der Waals surface area (Å²) in [4.78, 5) is 14.0. The Kier molecular flexibility index (Phi) is 3.36. The lowest BCUT2D eigenvalue weighted by molar-refractivity contribution is -0.169. The van der Waals surface area contributed by atoms with Gasteiger partial charge in [-0.1, -0.05) is 0 Å². The SMILES string of the molecule is Cn1ncc(N2CCC3(CC2)OCCO3)c(Br)c1=O. The van der Waals surface area contributed by atoms with Crippen LogP contribution < -0.4 is 10.5 Å². The standard InChI is InChI=1S/C12H16BrN3O3/c1-15-11(17)10(13)9(8-14-15)16-4-2-12(3-5-16)18-6-7-19-12/h8H,2-7H2,1H3. The van der Waals surface area contributed by atoms with Crippen LogP contribution in [0.1, 0.15) is 12.8 Å². The van der Waals surface area contributed by atoms with E-state index in [0.29, 0.717) is 17.7 Å². The molecule has 3 heterocycles. The second-order valence-electron chi connectivity index (χ2n) is 4.87. The summed E-state index contributed by atoms with van der Waals surface area (Å²) < 4.78 is 13.3. The summed E-state index contributed by atoms with van der Waals surface area (Å²) in [6.45, 7) is 2.95. The van der Waals surface area contributed by atoms with Crippen LogP contribution in [-0.2, 0) is 16.5 Å². The van der Waals surface area contributed by atoms with Gasteiger partial charge in [0.05, 0.1) is 25.1 Å². The van der Waals surface area contributed by atoms with E-state index in [1.807, 2.05) is 0 Å². The van der Waals surface area contributed by atoms with Crippen molar-refractivity contribution in [3.05, 3.63) is 21.0 Å². The topological polar surface area (TPSA) is 56.6 Å². The van der Waals surface area contributed by atoms with Gasteiger partial charge in [-0.2, -0.15) is 5.10 Å². The summed E-state index contributed by atoms with van der Waals surface area (Å²) in [5, 5.41) is 4.07. The first-order valence-corrected chi connectivity index (χ1v) is 7.15. The van der Waals surface area contributed by atoms with Crippen LogP contribution in [0.5, 0.6) is 0 Å². The van der Waals surface area contributed by atoms with E-state index >= 15 is 0 Å². The maximum Gasteiger partial charge on any atom is 0.282 e. The van der Waals surface area contributed by atoms with Gasteiger partial charge in [0, 0.05) is 33.0 Å². The Balaban J connectivity index is 1.78. The van der Waals surface area contributed by atoms with Crippen LogP contribution in [0.15, 0.2) is 15.5 Å². The monoisotopic (exact) mass is 329 g/mol. The number of aryl methyl sites for hydroxylation is 1. The Hall–Kier alpha value is -0.920. The summed E-state index contributed by atoms with van der Waals surface area (Å²) in [7, 11) is 1.64. The van der Waals surface area contributed by atoms with Gasteiger partial charge >= 0.3 is 0 Å². The van der Waals surface area contributed by atoms with E-state index in [0.717, 1.165) is 31.6 Å². The average Bonchev–Trinajstić information content (AvgIpc) is 2.86. The number of halogens is 1. The second-order valence-corrected chi connectivity index (χ2v) is 5.66. The van der Waals surface area contributed by atoms with E-state index in [1.165, 1.54) is 4.68 Å². The second kappa shape index (κ2) is 4.88. The number of rotatable bonds is 1. The van der Waals surface area contributed by atoms with Crippen molar-refractivity contribution < 1.29 is 9.47 Å². The molecule has 0 saturated carbocycles. The quantitative estimate of drug-likeness (QED) is 0.765. The molecule has 0 aromatic carbocycles. The van der Waals surface area contributed by atoms with Gasteiger partial charge in [0.15, 0.2) is 5.79 Å². The molecule has 0 amide bonds. The maximum atomic E-state index is 11.9. The van der Waals surface area contributed by atoms with Gasteiger partial charge in [0.1, 0.15) is 4.47 Å². The fraction of sp³-hybridized carbons (Fsp3) is 0.667. The molecule has 19 heavy (non-hydrogen) atoms. The minimum atomic E-state index is -0.393. The van der Waals surface area contributed by atoms with Crippen molar-refractivity contribution in [3.8, 4) is 0 Å². The van der Waals surface area contributed by atoms with Crippen molar-refractivity contribution in [3.63, 3.8) is 0 Å². The third kappa shape index (κ3) is 2.30. The highest BCUT2D eigenvalue weighted by atomic mass is 79.9. The highest BCUT2D eigenvalue weighted by Crippen LogP contribution is 2.34. The van der Waals surface area contributed by atoms with Crippen molar-refractivity contribution >= 4 is 21.6 Å². The lowest BCUT2D eigenvalue weighted by Crippen LogP contribution is -2.45. The summed E-state index contributed by atoms with van der Waals surface area (Å²) in [5.74, 6) is -0.393. The number of aromatic nitrogens is 2. The third-order valence-electron chi connectivity index (χ3n) is 3.74. The van der Waals surface area contributed by atoms with Crippen LogP contribution in [0.3, 0.4) is 0 Å². The molecule has 0 aliphatic carbocycles. The van der Waals surface area contributed by atoms with E-state index in [1.54, 1.807) is 13.2 Å². The Morgan fingerprint density at radius 3 is 2.58 bits per heavy atom. The molecule has 0 unspecified atom stereocenters. The average molecular weight is 330 g/mol. The fourth-order valence-corrected chi connectivity index (χ4v) is 3.21. The van der Waals surface area contributed by atoms with Crippen LogP contribution >= 0.6 is 15.9 Å². The van der Waals surface area contributed by atoms with Crippen molar-refractivity contribution in [2.75, 3.05) is 31.2 Å². The molecule has 2 aliphatic heterocycles. The largest absolute Gasteiger partial charge is 0.369 e. The molecule has 1 spiro atoms. The highest BCUT2D eigenvalue weighted by Gasteiger charge is 2.40. The Morgan fingerprint density at radius 2 is 1.95 bits per heavy atom. The van der Waals surface area contributed by atoms with Gasteiger partial charge in [0.25, 0.3) is 5.56 Å². The van der Waals surface area contributed by atoms with Gasteiger partial charge in [-0.05, 0) is 15.9 Å². The summed E-state index contributed by atoms with van der Waals surface area (Å²) in [5.41, 5.74) is 0.724. The van der Waals surface area contributed by atoms with Crippen LogP contribution in [0.4, 0.5) is 5.69 Å². The Morgan fingerprint density at radius 1 is 1.32 bits per heavy atom. The molecule has 0 bridgehead atoms. The van der Waals surface area contributed by atoms with Crippen LogP contribution in [0.2, 0.25) is 0 Å². The minimum Gasteiger partial charge on any atom is -0.369 e. The third-order valence-corrected chi connectivity index (χ3v) is 4.48. The number of ether oxygens (including phenoxy) is 2. The van der Waals surface area contributed by atoms with Gasteiger partial charge < -0.3 is 14.4 Å². The lowest BCUT2D eigenvalue weighted by atomic mass is 10.0. The van der Waals surface area contributed by atoms with Crippen molar-refractivity contribution in [2.45, 2.75) is 18.6 Å². The van der Waals surface area contributed by atoms with Gasteiger partial charge in [-0.15, -0.1) is 0 Å². The predicted molar refractivity (Wildman–Crippen MR) is 73.3 cm³/mol. The first kappa shape index (κ1) is 13.1. The van der Waals surface area contributed by atoms with E-state index in [9.17, 15) is 4.79 Å². The predicted octanol–water partition coefficient (Wildman–Crippen LogP) is 0.886. The molecule has 0 atom stereocenters. The van der Waals surface area contributed by atoms with Crippen molar-refractivity contribution in [2.24, 2.45) is 7.05 Å². The molecular weight excluding hydrogens is 314 g/mol. The zero-order valence-electron chi connectivity index (χ0n) is 10.8. The zero-order valence-corrected chi connectivity index (χ0v) is 12.4. The normalized spacial score (nSPS) is 22.1. The van der Waals surface area contributed by atoms with E-state index in [2.05, 4.69) is 25.9 Å². The fourth-order valence-electron chi connectivity index (χ4n) is 2.60. The number of piperidine rings is 1. The molecular formula is C12H16BrN3O3. The minimum absolute atomic E-state index is 0.119. The molecule has 2 aliphatic rings. The molecule has 0 radical (unpaired) electrons. The van der Waals surface area contributed by atoms with Crippen molar-refractivity contribution in [1.82, 2.24) is 9.78 Å². The van der Waals surface area contributed by atoms with Gasteiger partial charge in [-0.25, -0.2) is 4.68 Å². The molecule has 6 nitrogen and oxygen atoms in total. The molecule has 1 aromatic rings. The molecule has 2 fully saturated rings. The summed E-state index contributed by atoms with van der Waals surface area (Å²) >= 11 is 3.36. The molecule has 0 N–H and O–H groups in total. The number of hydrogen-bond donors (Lipinski definition) is 0. The highest BCUT2D eigenvalue weighted by molar-refractivity contribution is 9.10.